The Morgan fingerprint density at radius 3 is 2.33 bits per heavy atom. The molecule has 0 aliphatic heterocycles. The molecule has 30 heavy (non-hydrogen) atoms. The van der Waals surface area contributed by atoms with Crippen molar-refractivity contribution >= 4 is 21.8 Å². The van der Waals surface area contributed by atoms with E-state index in [1.807, 2.05) is 37.3 Å². The molecule has 0 fully saturated rings. The first kappa shape index (κ1) is 22.2. The van der Waals surface area contributed by atoms with Crippen LogP contribution >= 0.6 is 15.9 Å². The van der Waals surface area contributed by atoms with Crippen LogP contribution in [0.25, 0.3) is 11.3 Å². The predicted octanol–water partition coefficient (Wildman–Crippen LogP) is 6.65. The number of furan rings is 1. The highest BCUT2D eigenvalue weighted by Gasteiger charge is 2.31. The second-order valence-electron chi connectivity index (χ2n) is 6.83. The molecule has 0 aliphatic carbocycles. The molecule has 3 rings (SSSR count). The van der Waals surface area contributed by atoms with Crippen molar-refractivity contribution in [2.24, 2.45) is 0 Å². The van der Waals surface area contributed by atoms with Crippen LogP contribution in [0.2, 0.25) is 0 Å². The summed E-state index contributed by atoms with van der Waals surface area (Å²) in [6.07, 6.45) is -2.28. The number of alkyl halides is 3. The molecule has 1 N–H and O–H groups in total. The smallest absolute Gasteiger partial charge is 0.416 e. The summed E-state index contributed by atoms with van der Waals surface area (Å²) in [5, 5.41) is 2.90. The van der Waals surface area contributed by atoms with Crippen molar-refractivity contribution in [1.29, 1.82) is 0 Å². The summed E-state index contributed by atoms with van der Waals surface area (Å²) in [5.74, 6) is -0.0442. The predicted molar refractivity (Wildman–Crippen MR) is 113 cm³/mol. The van der Waals surface area contributed by atoms with Gasteiger partial charge in [-0.05, 0) is 52.9 Å². The fraction of sp³-hybridized carbons (Fsp3) is 0.261. The van der Waals surface area contributed by atoms with Gasteiger partial charge in [0, 0.05) is 17.7 Å². The van der Waals surface area contributed by atoms with E-state index in [2.05, 4.69) is 21.2 Å². The van der Waals surface area contributed by atoms with E-state index in [1.54, 1.807) is 0 Å². The molecular weight excluding hydrogens is 459 g/mol. The normalized spacial score (nSPS) is 11.5. The van der Waals surface area contributed by atoms with E-state index in [1.165, 1.54) is 17.7 Å². The molecule has 0 unspecified atom stereocenters. The summed E-state index contributed by atoms with van der Waals surface area (Å²) >= 11 is 3.33. The maximum absolute atomic E-state index is 12.9. The lowest BCUT2D eigenvalue weighted by atomic mass is 10.0. The van der Waals surface area contributed by atoms with E-state index in [4.69, 9.17) is 4.42 Å². The summed E-state index contributed by atoms with van der Waals surface area (Å²) < 4.78 is 44.7. The van der Waals surface area contributed by atoms with Crippen LogP contribution < -0.4 is 5.32 Å². The van der Waals surface area contributed by atoms with E-state index in [-0.39, 0.29) is 11.7 Å². The van der Waals surface area contributed by atoms with Crippen molar-refractivity contribution in [3.05, 3.63) is 81.5 Å². The van der Waals surface area contributed by atoms with E-state index < -0.39 is 11.7 Å². The van der Waals surface area contributed by atoms with Gasteiger partial charge in [-0.15, -0.1) is 0 Å². The molecule has 3 aromatic rings. The molecule has 2 aromatic carbocycles. The van der Waals surface area contributed by atoms with Gasteiger partial charge < -0.3 is 9.73 Å². The van der Waals surface area contributed by atoms with Gasteiger partial charge in [0.15, 0.2) is 4.67 Å². The highest BCUT2D eigenvalue weighted by Crippen LogP contribution is 2.37. The lowest BCUT2D eigenvalue weighted by Crippen LogP contribution is -2.25. The number of halogens is 4. The second kappa shape index (κ2) is 9.51. The highest BCUT2D eigenvalue weighted by atomic mass is 79.9. The Hall–Kier alpha value is -2.54. The molecule has 0 aliphatic rings. The maximum atomic E-state index is 12.9. The van der Waals surface area contributed by atoms with E-state index in [9.17, 15) is 18.0 Å². The number of amides is 1. The summed E-state index contributed by atoms with van der Waals surface area (Å²) in [5.41, 5.74) is 1.89. The Morgan fingerprint density at radius 2 is 1.73 bits per heavy atom. The summed E-state index contributed by atoms with van der Waals surface area (Å²) in [7, 11) is 0. The van der Waals surface area contributed by atoms with Crippen molar-refractivity contribution in [2.45, 2.75) is 32.4 Å². The number of rotatable bonds is 7. The Morgan fingerprint density at radius 1 is 1.07 bits per heavy atom. The van der Waals surface area contributed by atoms with Gasteiger partial charge >= 0.3 is 6.18 Å². The van der Waals surface area contributed by atoms with Crippen molar-refractivity contribution < 1.29 is 22.4 Å². The molecule has 1 heterocycles. The standard InChI is InChI=1S/C23H21BrF3NO2/c1-2-18-19(22(29)28-14-6-9-15-7-4-3-5-8-15)20(30-21(18)24)16-10-12-17(13-11-16)23(25,26)27/h3-5,7-8,10-13H,2,6,9,14H2,1H3,(H,28,29). The van der Waals surface area contributed by atoms with Crippen LogP contribution in [0, 0.1) is 0 Å². The van der Waals surface area contributed by atoms with Crippen LogP contribution in [0.4, 0.5) is 13.2 Å². The minimum atomic E-state index is -4.42. The fourth-order valence-electron chi connectivity index (χ4n) is 3.23. The van der Waals surface area contributed by atoms with E-state index in [0.717, 1.165) is 25.0 Å². The number of carbonyl (C=O) groups is 1. The quantitative estimate of drug-likeness (QED) is 0.385. The van der Waals surface area contributed by atoms with Crippen molar-refractivity contribution in [1.82, 2.24) is 5.32 Å². The molecule has 0 saturated carbocycles. The van der Waals surface area contributed by atoms with Crippen molar-refractivity contribution in [3.63, 3.8) is 0 Å². The van der Waals surface area contributed by atoms with Gasteiger partial charge in [0.1, 0.15) is 5.76 Å². The van der Waals surface area contributed by atoms with Crippen molar-refractivity contribution in [2.75, 3.05) is 6.54 Å². The molecular formula is C23H21BrF3NO2. The van der Waals surface area contributed by atoms with E-state index >= 15 is 0 Å². The summed E-state index contributed by atoms with van der Waals surface area (Å²) in [6, 6.07) is 14.6. The first-order valence-electron chi connectivity index (χ1n) is 9.62. The van der Waals surface area contributed by atoms with Crippen LogP contribution in [0.5, 0.6) is 0 Å². The number of carbonyl (C=O) groups excluding carboxylic acids is 1. The van der Waals surface area contributed by atoms with Crippen LogP contribution in [0.1, 0.15) is 40.4 Å². The zero-order chi connectivity index (χ0) is 21.7. The lowest BCUT2D eigenvalue weighted by Gasteiger charge is -2.09. The number of aryl methyl sites for hydroxylation is 1. The zero-order valence-electron chi connectivity index (χ0n) is 16.4. The Balaban J connectivity index is 1.77. The zero-order valence-corrected chi connectivity index (χ0v) is 17.9. The fourth-order valence-corrected chi connectivity index (χ4v) is 3.88. The highest BCUT2D eigenvalue weighted by molar-refractivity contribution is 9.10. The van der Waals surface area contributed by atoms with Gasteiger partial charge in [-0.25, -0.2) is 0 Å². The van der Waals surface area contributed by atoms with Crippen LogP contribution in [0.3, 0.4) is 0 Å². The SMILES string of the molecule is CCc1c(Br)oc(-c2ccc(C(F)(F)F)cc2)c1C(=O)NCCCc1ccccc1. The van der Waals surface area contributed by atoms with Gasteiger partial charge in [-0.1, -0.05) is 49.4 Å². The van der Waals surface area contributed by atoms with Crippen LogP contribution in [-0.2, 0) is 19.0 Å². The van der Waals surface area contributed by atoms with Gasteiger partial charge in [-0.2, -0.15) is 13.2 Å². The molecule has 1 amide bonds. The Labute approximate surface area is 181 Å². The summed E-state index contributed by atoms with van der Waals surface area (Å²) in [6.45, 7) is 2.37. The molecule has 7 heteroatoms. The molecule has 1 aromatic heterocycles. The molecule has 158 valence electrons. The largest absolute Gasteiger partial charge is 0.448 e. The molecule has 0 radical (unpaired) electrons. The minimum Gasteiger partial charge on any atom is -0.448 e. The molecule has 3 nitrogen and oxygen atoms in total. The first-order chi connectivity index (χ1) is 14.3. The average Bonchev–Trinajstić information content (AvgIpc) is 3.07. The minimum absolute atomic E-state index is 0.257. The summed E-state index contributed by atoms with van der Waals surface area (Å²) in [4.78, 5) is 12.9. The number of nitrogens with one attached hydrogen (secondary N) is 1. The topological polar surface area (TPSA) is 42.2 Å². The monoisotopic (exact) mass is 479 g/mol. The Kier molecular flexibility index (Phi) is 7.02. The molecule has 0 atom stereocenters. The van der Waals surface area contributed by atoms with Crippen LogP contribution in [0.15, 0.2) is 63.7 Å². The first-order valence-corrected chi connectivity index (χ1v) is 10.4. The molecule has 0 saturated heterocycles. The number of benzene rings is 2. The van der Waals surface area contributed by atoms with Gasteiger partial charge in [-0.3, -0.25) is 4.79 Å². The number of hydrogen-bond donors (Lipinski definition) is 1. The third-order valence-electron chi connectivity index (χ3n) is 4.78. The second-order valence-corrected chi connectivity index (χ2v) is 7.55. The Bertz CT molecular complexity index is 996. The molecule has 0 bridgehead atoms. The van der Waals surface area contributed by atoms with Gasteiger partial charge in [0.05, 0.1) is 11.1 Å². The molecule has 0 spiro atoms. The van der Waals surface area contributed by atoms with E-state index in [0.29, 0.717) is 34.3 Å². The van der Waals surface area contributed by atoms with Crippen LogP contribution in [-0.4, -0.2) is 12.5 Å². The van der Waals surface area contributed by atoms with Crippen molar-refractivity contribution in [3.8, 4) is 11.3 Å². The van der Waals surface area contributed by atoms with Gasteiger partial charge in [0.25, 0.3) is 5.91 Å². The lowest BCUT2D eigenvalue weighted by molar-refractivity contribution is -0.137. The average molecular weight is 480 g/mol. The van der Waals surface area contributed by atoms with Gasteiger partial charge in [0.2, 0.25) is 0 Å². The maximum Gasteiger partial charge on any atom is 0.416 e. The third-order valence-corrected chi connectivity index (χ3v) is 5.42. The third kappa shape index (κ3) is 5.14. The number of hydrogen-bond acceptors (Lipinski definition) is 2.